The fourth-order valence-corrected chi connectivity index (χ4v) is 1.63. The summed E-state index contributed by atoms with van der Waals surface area (Å²) in [6.07, 6.45) is 2.78. The van der Waals surface area contributed by atoms with Crippen molar-refractivity contribution in [2.45, 2.75) is 44.4 Å². The van der Waals surface area contributed by atoms with Gasteiger partial charge in [0.1, 0.15) is 4.75 Å². The first-order chi connectivity index (χ1) is 7.70. The van der Waals surface area contributed by atoms with Gasteiger partial charge in [-0.3, -0.25) is 0 Å². The lowest BCUT2D eigenvalue weighted by molar-refractivity contribution is 0.341. The molecule has 1 aromatic rings. The predicted octanol–water partition coefficient (Wildman–Crippen LogP) is 1.15. The van der Waals surface area contributed by atoms with Crippen LogP contribution >= 0.6 is 0 Å². The Morgan fingerprint density at radius 1 is 1.47 bits per heavy atom. The summed E-state index contributed by atoms with van der Waals surface area (Å²) in [7, 11) is -3.32. The van der Waals surface area contributed by atoms with Crippen LogP contribution < -0.4 is 5.73 Å². The first-order valence-corrected chi connectivity index (χ1v) is 7.38. The van der Waals surface area contributed by atoms with Crippen LogP contribution in [0.15, 0.2) is 4.52 Å². The van der Waals surface area contributed by atoms with E-state index in [1.807, 2.05) is 6.92 Å². The molecule has 17 heavy (non-hydrogen) atoms. The molecule has 0 fully saturated rings. The highest BCUT2D eigenvalue weighted by molar-refractivity contribution is 7.91. The number of nitrogens with zero attached hydrogens (tertiary/aromatic N) is 2. The number of hydrogen-bond donors (Lipinski definition) is 1. The number of aromatic nitrogens is 2. The van der Waals surface area contributed by atoms with Gasteiger partial charge in [-0.15, -0.1) is 0 Å². The highest BCUT2D eigenvalue weighted by Crippen LogP contribution is 2.28. The van der Waals surface area contributed by atoms with E-state index in [1.165, 1.54) is 13.8 Å². The maximum absolute atomic E-state index is 11.6. The molecule has 0 saturated carbocycles. The summed E-state index contributed by atoms with van der Waals surface area (Å²) >= 11 is 0. The molecule has 0 radical (unpaired) electrons. The number of nitrogens with two attached hydrogens (primary N) is 1. The van der Waals surface area contributed by atoms with Crippen LogP contribution in [0.3, 0.4) is 0 Å². The normalized spacial score (nSPS) is 14.9. The molecule has 98 valence electrons. The van der Waals surface area contributed by atoms with Gasteiger partial charge < -0.3 is 10.3 Å². The van der Waals surface area contributed by atoms with Crippen LogP contribution in [0, 0.1) is 0 Å². The van der Waals surface area contributed by atoms with E-state index in [1.54, 1.807) is 0 Å². The van der Waals surface area contributed by atoms with Gasteiger partial charge in [-0.05, 0) is 20.3 Å². The molecule has 0 amide bonds. The molecule has 0 aliphatic rings. The van der Waals surface area contributed by atoms with E-state index in [0.717, 1.165) is 19.1 Å². The minimum Gasteiger partial charge on any atom is -0.338 e. The maximum Gasteiger partial charge on any atom is 0.247 e. The van der Waals surface area contributed by atoms with Crippen LogP contribution in [0.4, 0.5) is 0 Å². The lowest BCUT2D eigenvalue weighted by Gasteiger charge is -2.16. The van der Waals surface area contributed by atoms with Gasteiger partial charge in [0.25, 0.3) is 0 Å². The van der Waals surface area contributed by atoms with E-state index in [-0.39, 0.29) is 11.9 Å². The summed E-state index contributed by atoms with van der Waals surface area (Å²) in [5.74, 6) is 0.445. The van der Waals surface area contributed by atoms with Crippen molar-refractivity contribution in [3.63, 3.8) is 0 Å². The van der Waals surface area contributed by atoms with Gasteiger partial charge in [0.2, 0.25) is 5.89 Å². The molecule has 0 spiro atoms. The number of rotatable bonds is 5. The maximum atomic E-state index is 11.6. The highest BCUT2D eigenvalue weighted by atomic mass is 32.2. The van der Waals surface area contributed by atoms with Crippen molar-refractivity contribution in [3.05, 3.63) is 11.7 Å². The molecule has 1 heterocycles. The molecular formula is C10H19N3O3S. The van der Waals surface area contributed by atoms with Crippen LogP contribution in [0.1, 0.15) is 51.4 Å². The Balaban J connectivity index is 3.03. The Labute approximate surface area is 102 Å². The first kappa shape index (κ1) is 14.1. The molecule has 0 aliphatic heterocycles. The second kappa shape index (κ2) is 4.73. The Kier molecular flexibility index (Phi) is 3.93. The van der Waals surface area contributed by atoms with Crippen LogP contribution in [-0.2, 0) is 14.6 Å². The lowest BCUT2D eigenvalue weighted by atomic mass is 10.1. The first-order valence-electron chi connectivity index (χ1n) is 5.49. The van der Waals surface area contributed by atoms with Gasteiger partial charge in [-0.1, -0.05) is 18.5 Å². The predicted molar refractivity (Wildman–Crippen MR) is 64.0 cm³/mol. The summed E-state index contributed by atoms with van der Waals surface area (Å²) in [4.78, 5) is 4.08. The fraction of sp³-hybridized carbons (Fsp3) is 0.800. The van der Waals surface area contributed by atoms with Crippen molar-refractivity contribution in [2.24, 2.45) is 5.73 Å². The van der Waals surface area contributed by atoms with Crippen LogP contribution in [-0.4, -0.2) is 24.8 Å². The molecule has 7 heteroatoms. The van der Waals surface area contributed by atoms with Gasteiger partial charge in [0.05, 0.1) is 6.04 Å². The molecule has 0 saturated heterocycles. The Morgan fingerprint density at radius 3 is 2.53 bits per heavy atom. The summed E-state index contributed by atoms with van der Waals surface area (Å²) in [5.41, 5.74) is 5.84. The summed E-state index contributed by atoms with van der Waals surface area (Å²) in [6.45, 7) is 5.07. The zero-order valence-corrected chi connectivity index (χ0v) is 11.4. The minimum absolute atomic E-state index is 0.0848. The van der Waals surface area contributed by atoms with Crippen LogP contribution in [0.2, 0.25) is 0 Å². The van der Waals surface area contributed by atoms with Crippen molar-refractivity contribution in [2.75, 3.05) is 6.26 Å². The van der Waals surface area contributed by atoms with E-state index in [4.69, 9.17) is 10.3 Å². The molecule has 0 aromatic carbocycles. The average molecular weight is 261 g/mol. The Morgan fingerprint density at radius 2 is 2.06 bits per heavy atom. The molecule has 1 rings (SSSR count). The van der Waals surface area contributed by atoms with Gasteiger partial charge in [0.15, 0.2) is 15.7 Å². The molecule has 1 unspecified atom stereocenters. The topological polar surface area (TPSA) is 99.1 Å². The monoisotopic (exact) mass is 261 g/mol. The van der Waals surface area contributed by atoms with Crippen molar-refractivity contribution < 1.29 is 12.9 Å². The van der Waals surface area contributed by atoms with E-state index in [2.05, 4.69) is 10.1 Å². The van der Waals surface area contributed by atoms with Gasteiger partial charge in [0, 0.05) is 6.26 Å². The Hall–Kier alpha value is -0.950. The Bertz CT molecular complexity index is 479. The molecule has 0 aliphatic carbocycles. The third kappa shape index (κ3) is 2.84. The minimum atomic E-state index is -3.32. The van der Waals surface area contributed by atoms with Crippen molar-refractivity contribution in [3.8, 4) is 0 Å². The van der Waals surface area contributed by atoms with Crippen molar-refractivity contribution >= 4 is 9.84 Å². The van der Waals surface area contributed by atoms with Gasteiger partial charge in [-0.2, -0.15) is 4.98 Å². The fourth-order valence-electron chi connectivity index (χ4n) is 1.23. The molecule has 1 atom stereocenters. The number of hydrogen-bond acceptors (Lipinski definition) is 6. The van der Waals surface area contributed by atoms with E-state index >= 15 is 0 Å². The summed E-state index contributed by atoms with van der Waals surface area (Å²) in [6, 6.07) is -0.312. The quantitative estimate of drug-likeness (QED) is 0.853. The third-order valence-corrected chi connectivity index (χ3v) is 4.84. The van der Waals surface area contributed by atoms with Crippen LogP contribution in [0.5, 0.6) is 0 Å². The van der Waals surface area contributed by atoms with Gasteiger partial charge >= 0.3 is 0 Å². The highest BCUT2D eigenvalue weighted by Gasteiger charge is 2.38. The third-order valence-electron chi connectivity index (χ3n) is 2.82. The molecule has 0 bridgehead atoms. The standard InChI is InChI=1S/C10H19N3O3S/c1-5-6-7(11)8-12-9(16-13-8)10(2,3)17(4,14)15/h7H,5-6,11H2,1-4H3. The van der Waals surface area contributed by atoms with Gasteiger partial charge in [-0.25, -0.2) is 8.42 Å². The van der Waals surface area contributed by atoms with Crippen LogP contribution in [0.25, 0.3) is 0 Å². The second-order valence-electron chi connectivity index (χ2n) is 4.64. The second-order valence-corrected chi connectivity index (χ2v) is 7.20. The molecular weight excluding hydrogens is 242 g/mol. The van der Waals surface area contributed by atoms with Crippen molar-refractivity contribution in [1.82, 2.24) is 10.1 Å². The molecule has 1 aromatic heterocycles. The zero-order valence-electron chi connectivity index (χ0n) is 10.6. The van der Waals surface area contributed by atoms with E-state index in [0.29, 0.717) is 5.82 Å². The average Bonchev–Trinajstić information content (AvgIpc) is 2.65. The lowest BCUT2D eigenvalue weighted by Crippen LogP contribution is -2.28. The zero-order chi connectivity index (χ0) is 13.3. The van der Waals surface area contributed by atoms with Crippen molar-refractivity contribution in [1.29, 1.82) is 0 Å². The smallest absolute Gasteiger partial charge is 0.247 e. The SMILES string of the molecule is CCCC(N)c1noc(C(C)(C)S(C)(=O)=O)n1. The largest absolute Gasteiger partial charge is 0.338 e. The molecule has 6 nitrogen and oxygen atoms in total. The van der Waals surface area contributed by atoms with E-state index in [9.17, 15) is 8.42 Å². The summed E-state index contributed by atoms with van der Waals surface area (Å²) in [5, 5.41) is 3.74. The number of sulfone groups is 1. The molecule has 2 N–H and O–H groups in total. The van der Waals surface area contributed by atoms with E-state index < -0.39 is 14.6 Å². The summed E-state index contributed by atoms with van der Waals surface area (Å²) < 4.78 is 27.0.